The molecule has 0 aromatic carbocycles. The summed E-state index contributed by atoms with van der Waals surface area (Å²) < 4.78 is 0. The van der Waals surface area contributed by atoms with Crippen LogP contribution in [0.2, 0.25) is 0 Å². The molecule has 0 spiro atoms. The molecule has 0 saturated heterocycles. The Morgan fingerprint density at radius 2 is 2.25 bits per heavy atom. The monoisotopic (exact) mass is 403 g/mol. The minimum absolute atomic E-state index is 0. The second-order valence-electron chi connectivity index (χ2n) is 4.36. The maximum atomic E-state index is 5.80. The van der Waals surface area contributed by atoms with Gasteiger partial charge in [-0.25, -0.2) is 15.0 Å². The number of thiazole rings is 1. The number of pyridine rings is 1. The van der Waals surface area contributed by atoms with Crippen molar-refractivity contribution in [2.45, 2.75) is 26.3 Å². The van der Waals surface area contributed by atoms with E-state index in [0.717, 1.165) is 10.7 Å². The smallest absolute Gasteiger partial charge is 0.194 e. The van der Waals surface area contributed by atoms with Crippen LogP contribution in [-0.4, -0.2) is 15.9 Å². The van der Waals surface area contributed by atoms with Crippen molar-refractivity contribution in [3.63, 3.8) is 0 Å². The molecule has 0 aliphatic rings. The highest BCUT2D eigenvalue weighted by Crippen LogP contribution is 2.18. The summed E-state index contributed by atoms with van der Waals surface area (Å²) in [6, 6.07) is 5.57. The van der Waals surface area contributed by atoms with Gasteiger partial charge in [-0.05, 0) is 18.1 Å². The van der Waals surface area contributed by atoms with E-state index in [1.807, 2.05) is 18.2 Å². The lowest BCUT2D eigenvalue weighted by atomic mass is 10.2. The molecule has 2 aromatic heterocycles. The van der Waals surface area contributed by atoms with E-state index in [1.165, 1.54) is 0 Å². The fourth-order valence-corrected chi connectivity index (χ4v) is 2.30. The molecule has 0 fully saturated rings. The molecule has 2 aromatic rings. The summed E-state index contributed by atoms with van der Waals surface area (Å²) in [5, 5.41) is 5.97. The zero-order valence-electron chi connectivity index (χ0n) is 11.4. The first kappa shape index (κ1) is 16.8. The van der Waals surface area contributed by atoms with Crippen molar-refractivity contribution in [3.05, 3.63) is 40.5 Å². The van der Waals surface area contributed by atoms with Crippen LogP contribution >= 0.6 is 35.3 Å². The average molecular weight is 403 g/mol. The van der Waals surface area contributed by atoms with Gasteiger partial charge in [0, 0.05) is 11.6 Å². The molecule has 20 heavy (non-hydrogen) atoms. The maximum absolute atomic E-state index is 5.80. The fraction of sp³-hybridized carbons (Fsp3) is 0.308. The molecule has 108 valence electrons. The Labute approximate surface area is 139 Å². The minimum atomic E-state index is 0. The first-order chi connectivity index (χ1) is 9.15. The lowest BCUT2D eigenvalue weighted by molar-refractivity contribution is 0.821. The van der Waals surface area contributed by atoms with E-state index >= 15 is 0 Å². The number of hydrogen-bond acceptors (Lipinski definition) is 4. The van der Waals surface area contributed by atoms with Gasteiger partial charge in [0.05, 0.1) is 12.2 Å². The molecule has 0 aliphatic carbocycles. The van der Waals surface area contributed by atoms with Crippen LogP contribution < -0.4 is 11.1 Å². The molecule has 0 saturated carbocycles. The van der Waals surface area contributed by atoms with Crippen LogP contribution in [0, 0.1) is 0 Å². The van der Waals surface area contributed by atoms with Gasteiger partial charge >= 0.3 is 0 Å². The van der Waals surface area contributed by atoms with Crippen LogP contribution in [0.3, 0.4) is 0 Å². The number of nitrogens with one attached hydrogen (secondary N) is 1. The van der Waals surface area contributed by atoms with Crippen molar-refractivity contribution in [2.24, 2.45) is 10.7 Å². The summed E-state index contributed by atoms with van der Waals surface area (Å²) in [7, 11) is 0. The van der Waals surface area contributed by atoms with Crippen molar-refractivity contribution in [2.75, 3.05) is 5.32 Å². The van der Waals surface area contributed by atoms with Gasteiger partial charge in [0.15, 0.2) is 5.96 Å². The molecule has 5 nitrogen and oxygen atoms in total. The number of rotatable bonds is 4. The van der Waals surface area contributed by atoms with Crippen LogP contribution in [0.15, 0.2) is 34.8 Å². The topological polar surface area (TPSA) is 76.2 Å². The Hall–Kier alpha value is -1.22. The lowest BCUT2D eigenvalue weighted by Crippen LogP contribution is -2.23. The number of aliphatic imine (C=N–C) groups is 1. The number of nitrogens with zero attached hydrogens (tertiary/aromatic N) is 3. The second-order valence-corrected chi connectivity index (χ2v) is 5.30. The van der Waals surface area contributed by atoms with E-state index in [-0.39, 0.29) is 24.0 Å². The summed E-state index contributed by atoms with van der Waals surface area (Å²) in [6.07, 6.45) is 1.70. The van der Waals surface area contributed by atoms with Gasteiger partial charge in [-0.3, -0.25) is 0 Å². The van der Waals surface area contributed by atoms with Gasteiger partial charge in [0.2, 0.25) is 0 Å². The second kappa shape index (κ2) is 8.15. The molecule has 0 bridgehead atoms. The van der Waals surface area contributed by atoms with E-state index in [9.17, 15) is 0 Å². The first-order valence-corrected chi connectivity index (χ1v) is 6.95. The number of guanidine groups is 1. The van der Waals surface area contributed by atoms with Crippen molar-refractivity contribution in [1.82, 2.24) is 9.97 Å². The SMILES string of the molecule is CC(C)c1csc(CN=C(N)Nc2ccccn2)n1.I. The molecule has 0 radical (unpaired) electrons. The summed E-state index contributed by atoms with van der Waals surface area (Å²) >= 11 is 1.61. The quantitative estimate of drug-likeness (QED) is 0.467. The molecule has 0 amide bonds. The van der Waals surface area contributed by atoms with E-state index in [2.05, 4.69) is 39.5 Å². The van der Waals surface area contributed by atoms with Crippen LogP contribution in [0.4, 0.5) is 5.82 Å². The van der Waals surface area contributed by atoms with Crippen molar-refractivity contribution < 1.29 is 0 Å². The van der Waals surface area contributed by atoms with Crippen LogP contribution in [0.5, 0.6) is 0 Å². The zero-order valence-corrected chi connectivity index (χ0v) is 14.6. The third kappa shape index (κ3) is 5.04. The molecule has 3 N–H and O–H groups in total. The predicted molar refractivity (Wildman–Crippen MR) is 94.8 cm³/mol. The van der Waals surface area contributed by atoms with Crippen molar-refractivity contribution in [1.29, 1.82) is 0 Å². The standard InChI is InChI=1S/C13H17N5S.HI/c1-9(2)10-8-19-12(17-10)7-16-13(14)18-11-5-3-4-6-15-11;/h3-6,8-9H,7H2,1-2H3,(H3,14,15,16,18);1H. The van der Waals surface area contributed by atoms with Gasteiger partial charge in [-0.15, -0.1) is 35.3 Å². The highest BCUT2D eigenvalue weighted by atomic mass is 127. The highest BCUT2D eigenvalue weighted by molar-refractivity contribution is 14.0. The van der Waals surface area contributed by atoms with Gasteiger partial charge in [-0.1, -0.05) is 19.9 Å². The predicted octanol–water partition coefficient (Wildman–Crippen LogP) is 3.21. The fourth-order valence-electron chi connectivity index (χ4n) is 1.42. The molecule has 0 atom stereocenters. The van der Waals surface area contributed by atoms with E-state index in [1.54, 1.807) is 17.5 Å². The summed E-state index contributed by atoms with van der Waals surface area (Å²) in [4.78, 5) is 12.9. The van der Waals surface area contributed by atoms with E-state index in [4.69, 9.17) is 5.73 Å². The van der Waals surface area contributed by atoms with Crippen molar-refractivity contribution in [3.8, 4) is 0 Å². The molecule has 7 heteroatoms. The third-order valence-electron chi connectivity index (χ3n) is 2.47. The van der Waals surface area contributed by atoms with Gasteiger partial charge in [0.25, 0.3) is 0 Å². The van der Waals surface area contributed by atoms with E-state index < -0.39 is 0 Å². The zero-order chi connectivity index (χ0) is 13.7. The first-order valence-electron chi connectivity index (χ1n) is 6.07. The maximum Gasteiger partial charge on any atom is 0.194 e. The molecular weight excluding hydrogens is 385 g/mol. The molecular formula is C13H18IN5S. The molecule has 0 unspecified atom stereocenters. The average Bonchev–Trinajstić information content (AvgIpc) is 2.86. The summed E-state index contributed by atoms with van der Waals surface area (Å²) in [5.41, 5.74) is 6.90. The summed E-state index contributed by atoms with van der Waals surface area (Å²) in [5.74, 6) is 1.48. The number of nitrogens with two attached hydrogens (primary N) is 1. The van der Waals surface area contributed by atoms with Crippen molar-refractivity contribution >= 4 is 47.1 Å². The number of anilines is 1. The van der Waals surface area contributed by atoms with Gasteiger partial charge < -0.3 is 11.1 Å². The molecule has 0 aliphatic heterocycles. The number of halogens is 1. The summed E-state index contributed by atoms with van der Waals surface area (Å²) in [6.45, 7) is 4.74. The van der Waals surface area contributed by atoms with Gasteiger partial charge in [-0.2, -0.15) is 0 Å². The molecule has 2 rings (SSSR count). The Morgan fingerprint density at radius 1 is 1.45 bits per heavy atom. The largest absolute Gasteiger partial charge is 0.370 e. The molecule has 2 heterocycles. The third-order valence-corrected chi connectivity index (χ3v) is 3.32. The van der Waals surface area contributed by atoms with Crippen LogP contribution in [0.1, 0.15) is 30.5 Å². The Morgan fingerprint density at radius 3 is 2.85 bits per heavy atom. The normalized spacial score (nSPS) is 11.2. The Balaban J connectivity index is 0.00000200. The van der Waals surface area contributed by atoms with Crippen LogP contribution in [-0.2, 0) is 6.54 Å². The van der Waals surface area contributed by atoms with Crippen LogP contribution in [0.25, 0.3) is 0 Å². The highest BCUT2D eigenvalue weighted by Gasteiger charge is 2.05. The van der Waals surface area contributed by atoms with E-state index in [0.29, 0.717) is 24.2 Å². The number of aromatic nitrogens is 2. The Kier molecular flexibility index (Phi) is 6.86. The Bertz CT molecular complexity index is 553. The minimum Gasteiger partial charge on any atom is -0.370 e. The lowest BCUT2D eigenvalue weighted by Gasteiger charge is -2.03. The number of hydrogen-bond donors (Lipinski definition) is 2. The van der Waals surface area contributed by atoms with Gasteiger partial charge in [0.1, 0.15) is 10.8 Å².